The molecule has 0 spiro atoms. The summed E-state index contributed by atoms with van der Waals surface area (Å²) < 4.78 is -0.192. The van der Waals surface area contributed by atoms with E-state index < -0.39 is 24.3 Å². The van der Waals surface area contributed by atoms with Gasteiger partial charge in [-0.2, -0.15) is 25.3 Å². The number of amides is 3. The fourth-order valence-electron chi connectivity index (χ4n) is 2.81. The Hall–Kier alpha value is -1.50. The highest BCUT2D eigenvalue weighted by molar-refractivity contribution is 7.82. The van der Waals surface area contributed by atoms with Crippen molar-refractivity contribution in [3.63, 3.8) is 0 Å². The van der Waals surface area contributed by atoms with E-state index in [9.17, 15) is 19.2 Å². The molecule has 0 aliphatic rings. The summed E-state index contributed by atoms with van der Waals surface area (Å²) in [4.78, 5) is 47.7. The molecule has 3 amide bonds. The van der Waals surface area contributed by atoms with E-state index in [0.29, 0.717) is 12.8 Å². The first kappa shape index (κ1) is 31.5. The molecule has 0 atom stereocenters. The highest BCUT2D eigenvalue weighted by Crippen LogP contribution is 2.14. The highest BCUT2D eigenvalue weighted by atomic mass is 32.1. The number of carboxylic acid groups (broad SMARTS) is 1. The van der Waals surface area contributed by atoms with Gasteiger partial charge in [-0.05, 0) is 47.1 Å². The van der Waals surface area contributed by atoms with Gasteiger partial charge in [0.2, 0.25) is 17.7 Å². The number of rotatable bonds is 18. The molecule has 5 N–H and O–H groups in total. The zero-order chi connectivity index (χ0) is 25.5. The molecule has 0 unspecified atom stereocenters. The SMILES string of the molecule is CC(C)(S)CNCCN(CCCCC(=O)NCC(=O)NCC(=O)NCC(=O)O)CC(C)(C)S. The summed E-state index contributed by atoms with van der Waals surface area (Å²) in [5.41, 5.74) is 0. The molecule has 0 saturated heterocycles. The molecule has 10 nitrogen and oxygen atoms in total. The number of aliphatic carboxylic acids is 1. The third-order valence-corrected chi connectivity index (χ3v) is 4.53. The number of nitrogens with one attached hydrogen (secondary N) is 4. The van der Waals surface area contributed by atoms with Gasteiger partial charge in [0.05, 0.1) is 13.1 Å². The quantitative estimate of drug-likeness (QED) is 0.102. The minimum atomic E-state index is -1.17. The van der Waals surface area contributed by atoms with Crippen LogP contribution >= 0.6 is 25.3 Å². The Morgan fingerprint density at radius 3 is 1.85 bits per heavy atom. The molecule has 0 aromatic heterocycles. The second-order valence-corrected chi connectivity index (χ2v) is 11.7. The maximum Gasteiger partial charge on any atom is 0.322 e. The van der Waals surface area contributed by atoms with Gasteiger partial charge in [-0.1, -0.05) is 0 Å². The number of carbonyl (C=O) groups is 4. The summed E-state index contributed by atoms with van der Waals surface area (Å²) in [5.74, 6) is -2.55. The van der Waals surface area contributed by atoms with Gasteiger partial charge in [-0.15, -0.1) is 0 Å². The normalized spacial score (nSPS) is 11.8. The van der Waals surface area contributed by atoms with Crippen LogP contribution in [0.2, 0.25) is 0 Å². The number of hydrogen-bond donors (Lipinski definition) is 7. The molecule has 0 fully saturated rings. The van der Waals surface area contributed by atoms with E-state index in [1.807, 2.05) is 0 Å². The van der Waals surface area contributed by atoms with E-state index in [1.54, 1.807) is 0 Å². The molecule has 0 aromatic rings. The van der Waals surface area contributed by atoms with Crippen LogP contribution in [0.3, 0.4) is 0 Å². The van der Waals surface area contributed by atoms with Crippen LogP contribution in [-0.4, -0.2) is 95.5 Å². The standard InChI is InChI=1S/C21H41N5O5S2/c1-20(2,32)14-22-8-10-26(15-21(3,4)33)9-6-5-7-16(27)23-11-17(28)24-12-18(29)25-13-19(30)31/h22,32-33H,5-15H2,1-4H3,(H,23,27)(H,24,28)(H,25,29)(H,30,31). The van der Waals surface area contributed by atoms with Crippen molar-refractivity contribution in [2.45, 2.75) is 56.5 Å². The van der Waals surface area contributed by atoms with Gasteiger partial charge < -0.3 is 31.3 Å². The third-order valence-electron chi connectivity index (χ3n) is 4.23. The maximum atomic E-state index is 12.0. The minimum Gasteiger partial charge on any atom is -0.480 e. The minimum absolute atomic E-state index is 0.0648. The molecule has 0 aromatic carbocycles. The van der Waals surface area contributed by atoms with Crippen LogP contribution in [0.1, 0.15) is 47.0 Å². The van der Waals surface area contributed by atoms with Crippen LogP contribution in [0.5, 0.6) is 0 Å². The molecule has 12 heteroatoms. The van der Waals surface area contributed by atoms with E-state index in [-0.39, 0.29) is 28.5 Å². The zero-order valence-electron chi connectivity index (χ0n) is 20.2. The molecule has 0 aliphatic carbocycles. The van der Waals surface area contributed by atoms with Crippen molar-refractivity contribution < 1.29 is 24.3 Å². The summed E-state index contributed by atoms with van der Waals surface area (Å²) in [6.45, 7) is 11.4. The Kier molecular flexibility index (Phi) is 15.4. The Morgan fingerprint density at radius 1 is 0.788 bits per heavy atom. The smallest absolute Gasteiger partial charge is 0.322 e. The van der Waals surface area contributed by atoms with E-state index in [0.717, 1.165) is 39.1 Å². The summed E-state index contributed by atoms with van der Waals surface area (Å²) in [7, 11) is 0. The van der Waals surface area contributed by atoms with Crippen LogP contribution in [0.15, 0.2) is 0 Å². The summed E-state index contributed by atoms with van der Waals surface area (Å²) in [5, 5.41) is 18.8. The second kappa shape index (κ2) is 16.2. The highest BCUT2D eigenvalue weighted by Gasteiger charge is 2.18. The van der Waals surface area contributed by atoms with Gasteiger partial charge in [0.1, 0.15) is 6.54 Å². The number of hydrogen-bond acceptors (Lipinski definition) is 8. The summed E-state index contributed by atoms with van der Waals surface area (Å²) >= 11 is 9.15. The van der Waals surface area contributed by atoms with Crippen LogP contribution in [0.4, 0.5) is 0 Å². The molecule has 0 heterocycles. The molecule has 0 saturated carbocycles. The van der Waals surface area contributed by atoms with Crippen molar-refractivity contribution in [2.75, 3.05) is 52.4 Å². The Balaban J connectivity index is 4.10. The van der Waals surface area contributed by atoms with Crippen LogP contribution < -0.4 is 21.3 Å². The average Bonchev–Trinajstić information content (AvgIpc) is 2.67. The molecular weight excluding hydrogens is 466 g/mol. The summed E-state index contributed by atoms with van der Waals surface area (Å²) in [6, 6.07) is 0. The van der Waals surface area contributed by atoms with Crippen LogP contribution in [0.25, 0.3) is 0 Å². The molecule has 0 aliphatic heterocycles. The van der Waals surface area contributed by atoms with Gasteiger partial charge in [0.15, 0.2) is 0 Å². The predicted molar refractivity (Wildman–Crippen MR) is 136 cm³/mol. The topological polar surface area (TPSA) is 140 Å². The lowest BCUT2D eigenvalue weighted by molar-refractivity contribution is -0.137. The maximum absolute atomic E-state index is 12.0. The van der Waals surface area contributed by atoms with Crippen LogP contribution in [-0.2, 0) is 19.2 Å². The number of carbonyl (C=O) groups excluding carboxylic acids is 3. The first-order valence-electron chi connectivity index (χ1n) is 11.1. The lowest BCUT2D eigenvalue weighted by Crippen LogP contribution is -2.43. The second-order valence-electron chi connectivity index (χ2n) is 9.26. The van der Waals surface area contributed by atoms with E-state index in [2.05, 4.69) is 79.1 Å². The van der Waals surface area contributed by atoms with Gasteiger partial charge in [0, 0.05) is 42.1 Å². The lowest BCUT2D eigenvalue weighted by atomic mass is 10.1. The molecule has 0 bridgehead atoms. The first-order valence-corrected chi connectivity index (χ1v) is 12.0. The van der Waals surface area contributed by atoms with Gasteiger partial charge in [0.25, 0.3) is 0 Å². The average molecular weight is 508 g/mol. The molecule has 0 radical (unpaired) electrons. The van der Waals surface area contributed by atoms with Crippen molar-refractivity contribution in [1.29, 1.82) is 0 Å². The number of nitrogens with zero attached hydrogens (tertiary/aromatic N) is 1. The van der Waals surface area contributed by atoms with Gasteiger partial charge in [-0.25, -0.2) is 0 Å². The van der Waals surface area contributed by atoms with Crippen molar-refractivity contribution in [3.8, 4) is 0 Å². The molecule has 33 heavy (non-hydrogen) atoms. The Bertz CT molecular complexity index is 636. The number of carboxylic acids is 1. The molecule has 192 valence electrons. The Labute approximate surface area is 208 Å². The van der Waals surface area contributed by atoms with Crippen LogP contribution in [0, 0.1) is 0 Å². The third kappa shape index (κ3) is 22.1. The van der Waals surface area contributed by atoms with E-state index in [4.69, 9.17) is 5.11 Å². The molecular formula is C21H41N5O5S2. The van der Waals surface area contributed by atoms with Crippen molar-refractivity contribution in [1.82, 2.24) is 26.2 Å². The van der Waals surface area contributed by atoms with Crippen molar-refractivity contribution in [3.05, 3.63) is 0 Å². The molecule has 0 rings (SSSR count). The van der Waals surface area contributed by atoms with E-state index >= 15 is 0 Å². The fourth-order valence-corrected chi connectivity index (χ4v) is 3.13. The summed E-state index contributed by atoms with van der Waals surface area (Å²) in [6.07, 6.45) is 1.83. The first-order chi connectivity index (χ1) is 15.2. The van der Waals surface area contributed by atoms with Gasteiger partial charge in [-0.3, -0.25) is 19.2 Å². The van der Waals surface area contributed by atoms with Crippen molar-refractivity contribution in [2.24, 2.45) is 0 Å². The number of unbranched alkanes of at least 4 members (excludes halogenated alkanes) is 1. The predicted octanol–water partition coefficient (Wildman–Crippen LogP) is -0.102. The van der Waals surface area contributed by atoms with Crippen molar-refractivity contribution >= 4 is 48.9 Å². The largest absolute Gasteiger partial charge is 0.480 e. The lowest BCUT2D eigenvalue weighted by Gasteiger charge is -2.30. The van der Waals surface area contributed by atoms with Gasteiger partial charge >= 0.3 is 5.97 Å². The Morgan fingerprint density at radius 2 is 1.33 bits per heavy atom. The number of thiol groups is 2. The fraction of sp³-hybridized carbons (Fsp3) is 0.810. The zero-order valence-corrected chi connectivity index (χ0v) is 22.0. The monoisotopic (exact) mass is 507 g/mol. The van der Waals surface area contributed by atoms with E-state index in [1.165, 1.54) is 0 Å².